The van der Waals surface area contributed by atoms with Crippen LogP contribution in [0.25, 0.3) is 5.82 Å². The number of hydrogen-bond acceptors (Lipinski definition) is 6. The van der Waals surface area contributed by atoms with Crippen molar-refractivity contribution in [3.8, 4) is 5.82 Å². The van der Waals surface area contributed by atoms with Gasteiger partial charge in [0.2, 0.25) is 0 Å². The molecule has 1 amide bonds. The first-order valence-corrected chi connectivity index (χ1v) is 8.84. The van der Waals surface area contributed by atoms with Gasteiger partial charge >= 0.3 is 0 Å². The van der Waals surface area contributed by atoms with Crippen molar-refractivity contribution in [2.75, 3.05) is 25.0 Å². The van der Waals surface area contributed by atoms with Crippen molar-refractivity contribution in [2.24, 2.45) is 0 Å². The molecule has 8 nitrogen and oxygen atoms in total. The molecule has 1 saturated heterocycles. The Kier molecular flexibility index (Phi) is 5.10. The second-order valence-corrected chi connectivity index (χ2v) is 6.37. The first-order valence-electron chi connectivity index (χ1n) is 8.46. The molecule has 9 heteroatoms. The third-order valence-electron chi connectivity index (χ3n) is 4.13. The van der Waals surface area contributed by atoms with E-state index in [2.05, 4.69) is 25.7 Å². The van der Waals surface area contributed by atoms with Crippen molar-refractivity contribution in [1.29, 1.82) is 0 Å². The number of nitrogens with zero attached hydrogens (tertiary/aromatic N) is 4. The predicted molar refractivity (Wildman–Crippen MR) is 100 cm³/mol. The zero-order valence-electron chi connectivity index (χ0n) is 14.3. The first-order chi connectivity index (χ1) is 13.2. The summed E-state index contributed by atoms with van der Waals surface area (Å²) < 4.78 is 7.19. The van der Waals surface area contributed by atoms with Crippen LogP contribution >= 0.6 is 11.6 Å². The van der Waals surface area contributed by atoms with Gasteiger partial charge in [-0.3, -0.25) is 4.79 Å². The molecule has 27 heavy (non-hydrogen) atoms. The summed E-state index contributed by atoms with van der Waals surface area (Å²) in [5, 5.41) is 10.7. The van der Waals surface area contributed by atoms with Gasteiger partial charge < -0.3 is 15.4 Å². The number of carbonyl (C=O) groups is 1. The number of rotatable bonds is 4. The highest BCUT2D eigenvalue weighted by atomic mass is 35.5. The van der Waals surface area contributed by atoms with Gasteiger partial charge in [-0.25, -0.2) is 14.6 Å². The van der Waals surface area contributed by atoms with E-state index in [1.54, 1.807) is 12.3 Å². The van der Waals surface area contributed by atoms with Crippen molar-refractivity contribution >= 4 is 23.2 Å². The number of halogens is 1. The Labute approximate surface area is 160 Å². The van der Waals surface area contributed by atoms with Crippen LogP contribution in [0.4, 0.5) is 5.69 Å². The van der Waals surface area contributed by atoms with E-state index in [1.807, 2.05) is 24.3 Å². The van der Waals surface area contributed by atoms with E-state index >= 15 is 0 Å². The summed E-state index contributed by atoms with van der Waals surface area (Å²) in [6, 6.07) is 9.23. The third kappa shape index (κ3) is 4.13. The summed E-state index contributed by atoms with van der Waals surface area (Å²) in [5.74, 6) is 0.169. The van der Waals surface area contributed by atoms with Gasteiger partial charge in [-0.05, 0) is 23.8 Å². The van der Waals surface area contributed by atoms with Crippen molar-refractivity contribution < 1.29 is 9.53 Å². The van der Waals surface area contributed by atoms with Crippen LogP contribution in [0.2, 0.25) is 5.15 Å². The SMILES string of the molecule is O=C(Nc1ccc([C@H]2CNCCO2)cc1)c1ccn(-c2cnc(Cl)cn2)n1. The van der Waals surface area contributed by atoms with E-state index in [-0.39, 0.29) is 17.7 Å². The number of nitrogens with one attached hydrogen (secondary N) is 2. The number of amides is 1. The van der Waals surface area contributed by atoms with Gasteiger partial charge in [0, 0.05) is 25.0 Å². The number of aromatic nitrogens is 4. The summed E-state index contributed by atoms with van der Waals surface area (Å²) in [7, 11) is 0. The van der Waals surface area contributed by atoms with Crippen LogP contribution in [0, 0.1) is 0 Å². The van der Waals surface area contributed by atoms with Crippen LogP contribution in [0.3, 0.4) is 0 Å². The van der Waals surface area contributed by atoms with E-state index in [4.69, 9.17) is 16.3 Å². The molecule has 0 bridgehead atoms. The molecule has 0 aliphatic carbocycles. The fraction of sp³-hybridized carbons (Fsp3) is 0.222. The van der Waals surface area contributed by atoms with Crippen molar-refractivity contribution in [3.63, 3.8) is 0 Å². The van der Waals surface area contributed by atoms with Gasteiger partial charge in [-0.2, -0.15) is 5.10 Å². The zero-order valence-corrected chi connectivity index (χ0v) is 15.1. The molecular weight excluding hydrogens is 368 g/mol. The molecule has 1 aromatic carbocycles. The van der Waals surface area contributed by atoms with Gasteiger partial charge in [0.25, 0.3) is 5.91 Å². The number of anilines is 1. The fourth-order valence-electron chi connectivity index (χ4n) is 2.75. The average molecular weight is 385 g/mol. The molecule has 1 aliphatic rings. The normalized spacial score (nSPS) is 16.9. The molecule has 3 heterocycles. The summed E-state index contributed by atoms with van der Waals surface area (Å²) in [4.78, 5) is 20.5. The number of morpholine rings is 1. The standard InChI is InChI=1S/C18H17ClN6O2/c19-16-10-22-17(11-21-16)25-7-5-14(24-25)18(26)23-13-3-1-12(2-4-13)15-9-20-6-8-27-15/h1-5,7,10-11,15,20H,6,8-9H2,(H,23,26)/t15-/m1/s1. The summed E-state index contributed by atoms with van der Waals surface area (Å²) in [6.07, 6.45) is 4.59. The maximum absolute atomic E-state index is 12.4. The van der Waals surface area contributed by atoms with Crippen molar-refractivity contribution in [2.45, 2.75) is 6.10 Å². The van der Waals surface area contributed by atoms with Gasteiger partial charge in [-0.15, -0.1) is 0 Å². The molecule has 0 radical (unpaired) electrons. The highest BCUT2D eigenvalue weighted by Gasteiger charge is 2.16. The van der Waals surface area contributed by atoms with E-state index in [1.165, 1.54) is 17.1 Å². The second-order valence-electron chi connectivity index (χ2n) is 5.98. The lowest BCUT2D eigenvalue weighted by molar-refractivity contribution is 0.0277. The number of ether oxygens (including phenoxy) is 1. The Balaban J connectivity index is 1.42. The minimum atomic E-state index is -0.306. The maximum atomic E-state index is 12.4. The summed E-state index contributed by atoms with van der Waals surface area (Å²) >= 11 is 5.73. The Morgan fingerprint density at radius 2 is 2.07 bits per heavy atom. The van der Waals surface area contributed by atoms with Crippen LogP contribution < -0.4 is 10.6 Å². The number of hydrogen-bond donors (Lipinski definition) is 2. The third-order valence-corrected chi connectivity index (χ3v) is 4.33. The number of carbonyl (C=O) groups excluding carboxylic acids is 1. The number of benzene rings is 1. The fourth-order valence-corrected chi connectivity index (χ4v) is 2.85. The molecule has 3 aromatic rings. The Bertz CT molecular complexity index is 920. The van der Waals surface area contributed by atoms with Gasteiger partial charge in [0.15, 0.2) is 11.5 Å². The maximum Gasteiger partial charge on any atom is 0.276 e. The second kappa shape index (κ2) is 7.83. The molecular formula is C18H17ClN6O2. The van der Waals surface area contributed by atoms with Crippen molar-refractivity contribution in [1.82, 2.24) is 25.1 Å². The van der Waals surface area contributed by atoms with E-state index in [0.29, 0.717) is 23.3 Å². The summed E-state index contributed by atoms with van der Waals surface area (Å²) in [5.41, 5.74) is 2.04. The van der Waals surface area contributed by atoms with Crippen LogP contribution in [-0.4, -0.2) is 45.4 Å². The highest BCUT2D eigenvalue weighted by Crippen LogP contribution is 2.21. The molecule has 138 valence electrons. The molecule has 1 fully saturated rings. The van der Waals surface area contributed by atoms with Crippen LogP contribution in [0.1, 0.15) is 22.2 Å². The van der Waals surface area contributed by atoms with E-state index < -0.39 is 0 Å². The van der Waals surface area contributed by atoms with Gasteiger partial charge in [0.05, 0.1) is 25.1 Å². The Morgan fingerprint density at radius 3 is 2.78 bits per heavy atom. The Morgan fingerprint density at radius 1 is 1.22 bits per heavy atom. The lowest BCUT2D eigenvalue weighted by Gasteiger charge is -2.24. The molecule has 1 aliphatic heterocycles. The smallest absolute Gasteiger partial charge is 0.276 e. The van der Waals surface area contributed by atoms with Crippen LogP contribution in [-0.2, 0) is 4.74 Å². The lowest BCUT2D eigenvalue weighted by Crippen LogP contribution is -2.33. The summed E-state index contributed by atoms with van der Waals surface area (Å²) in [6.45, 7) is 2.36. The van der Waals surface area contributed by atoms with Crippen LogP contribution in [0.5, 0.6) is 0 Å². The minimum absolute atomic E-state index is 0.0414. The average Bonchev–Trinajstić information content (AvgIpc) is 3.20. The topological polar surface area (TPSA) is 94.0 Å². The highest BCUT2D eigenvalue weighted by molar-refractivity contribution is 6.29. The molecule has 2 aromatic heterocycles. The monoisotopic (exact) mass is 384 g/mol. The van der Waals surface area contributed by atoms with Crippen molar-refractivity contribution in [3.05, 3.63) is 65.3 Å². The largest absolute Gasteiger partial charge is 0.371 e. The Hall–Kier alpha value is -2.81. The minimum Gasteiger partial charge on any atom is -0.371 e. The predicted octanol–water partition coefficient (Wildman–Crippen LogP) is 2.23. The van der Waals surface area contributed by atoms with Gasteiger partial charge in [-0.1, -0.05) is 23.7 Å². The first kappa shape index (κ1) is 17.6. The molecule has 2 N–H and O–H groups in total. The van der Waals surface area contributed by atoms with E-state index in [0.717, 1.165) is 18.7 Å². The molecule has 0 saturated carbocycles. The molecule has 0 unspecified atom stereocenters. The zero-order chi connectivity index (χ0) is 18.6. The quantitative estimate of drug-likeness (QED) is 0.716. The van der Waals surface area contributed by atoms with Gasteiger partial charge in [0.1, 0.15) is 5.15 Å². The lowest BCUT2D eigenvalue weighted by atomic mass is 10.1. The molecule has 0 spiro atoms. The molecule has 4 rings (SSSR count). The van der Waals surface area contributed by atoms with E-state index in [9.17, 15) is 4.79 Å². The molecule has 1 atom stereocenters. The van der Waals surface area contributed by atoms with Crippen LogP contribution in [0.15, 0.2) is 48.9 Å².